The van der Waals surface area contributed by atoms with Crippen molar-refractivity contribution in [3.63, 3.8) is 0 Å². The fourth-order valence-electron chi connectivity index (χ4n) is 2.34. The van der Waals surface area contributed by atoms with Gasteiger partial charge in [0.25, 0.3) is 0 Å². The molecule has 0 saturated heterocycles. The van der Waals surface area contributed by atoms with Crippen molar-refractivity contribution in [1.29, 1.82) is 5.26 Å². The molecule has 0 aliphatic carbocycles. The first-order valence-electron chi connectivity index (χ1n) is 7.76. The van der Waals surface area contributed by atoms with E-state index in [0.717, 1.165) is 11.3 Å². The van der Waals surface area contributed by atoms with Crippen LogP contribution in [0.15, 0.2) is 90.0 Å². The smallest absolute Gasteiger partial charge is 0.0991 e. The largest absolute Gasteiger partial charge is 0.261 e. The fourth-order valence-corrected chi connectivity index (χ4v) is 2.34. The van der Waals surface area contributed by atoms with Crippen LogP contribution in [-0.2, 0) is 6.54 Å². The third-order valence-corrected chi connectivity index (χ3v) is 3.62. The van der Waals surface area contributed by atoms with Gasteiger partial charge in [0, 0.05) is 0 Å². The molecule has 0 N–H and O–H groups in total. The van der Waals surface area contributed by atoms with Gasteiger partial charge in [-0.3, -0.25) is 5.01 Å². The Kier molecular flexibility index (Phi) is 5.01. The van der Waals surface area contributed by atoms with Gasteiger partial charge in [0.2, 0.25) is 0 Å². The minimum Gasteiger partial charge on any atom is -0.261 e. The maximum absolute atomic E-state index is 8.87. The topological polar surface area (TPSA) is 39.4 Å². The lowest BCUT2D eigenvalue weighted by Gasteiger charge is -2.19. The van der Waals surface area contributed by atoms with Gasteiger partial charge in [-0.05, 0) is 35.4 Å². The molecule has 0 heterocycles. The second-order valence-corrected chi connectivity index (χ2v) is 5.36. The lowest BCUT2D eigenvalue weighted by Crippen LogP contribution is -2.15. The van der Waals surface area contributed by atoms with Crippen LogP contribution in [0.5, 0.6) is 0 Å². The number of para-hydroxylation sites is 1. The van der Waals surface area contributed by atoms with Crippen molar-refractivity contribution in [2.75, 3.05) is 5.01 Å². The van der Waals surface area contributed by atoms with Crippen LogP contribution in [0.25, 0.3) is 0 Å². The summed E-state index contributed by atoms with van der Waals surface area (Å²) in [6, 6.07) is 29.8. The molecule has 3 rings (SSSR count). The zero-order chi connectivity index (χ0) is 16.6. The molecule has 0 spiro atoms. The fraction of sp³-hybridized carbons (Fsp3) is 0.0476. The third kappa shape index (κ3) is 4.08. The van der Waals surface area contributed by atoms with E-state index in [9.17, 15) is 0 Å². The lowest BCUT2D eigenvalue weighted by molar-refractivity contribution is 0.858. The summed E-state index contributed by atoms with van der Waals surface area (Å²) in [6.45, 7) is 0.692. The van der Waals surface area contributed by atoms with Gasteiger partial charge in [-0.1, -0.05) is 60.7 Å². The molecule has 0 aromatic heterocycles. The van der Waals surface area contributed by atoms with E-state index in [4.69, 9.17) is 5.26 Å². The number of anilines is 1. The number of benzene rings is 3. The summed E-state index contributed by atoms with van der Waals surface area (Å²) in [5.41, 5.74) is 3.84. The number of rotatable bonds is 5. The van der Waals surface area contributed by atoms with Crippen LogP contribution in [0.1, 0.15) is 16.7 Å². The summed E-state index contributed by atoms with van der Waals surface area (Å²) in [4.78, 5) is 0. The molecule has 0 amide bonds. The summed E-state index contributed by atoms with van der Waals surface area (Å²) >= 11 is 0. The standard InChI is InChI=1S/C21H17N3/c22-15-18-11-13-19(14-12-18)16-23-24(21-9-5-2-6-10-21)17-20-7-3-1-4-8-20/h1-14,16H,17H2/b23-16+. The third-order valence-electron chi connectivity index (χ3n) is 3.62. The molecular formula is C21H17N3. The molecule has 0 aliphatic heterocycles. The highest BCUT2D eigenvalue weighted by atomic mass is 15.4. The van der Waals surface area contributed by atoms with Crippen molar-refractivity contribution in [2.45, 2.75) is 6.54 Å². The van der Waals surface area contributed by atoms with Crippen LogP contribution >= 0.6 is 0 Å². The molecule has 0 saturated carbocycles. The molecule has 24 heavy (non-hydrogen) atoms. The van der Waals surface area contributed by atoms with Gasteiger partial charge in [0.1, 0.15) is 0 Å². The molecule has 0 aliphatic rings. The van der Waals surface area contributed by atoms with E-state index >= 15 is 0 Å². The highest BCUT2D eigenvalue weighted by molar-refractivity contribution is 5.80. The van der Waals surface area contributed by atoms with Crippen LogP contribution in [0, 0.1) is 11.3 Å². The van der Waals surface area contributed by atoms with E-state index < -0.39 is 0 Å². The molecule has 0 radical (unpaired) electrons. The van der Waals surface area contributed by atoms with Crippen LogP contribution in [0.3, 0.4) is 0 Å². The predicted octanol–water partition coefficient (Wildman–Crippen LogP) is 4.60. The number of hydrogen-bond acceptors (Lipinski definition) is 3. The molecule has 3 nitrogen and oxygen atoms in total. The molecule has 0 fully saturated rings. The molecule has 3 aromatic carbocycles. The number of nitrogens with zero attached hydrogens (tertiary/aromatic N) is 3. The van der Waals surface area contributed by atoms with Gasteiger partial charge < -0.3 is 0 Å². The monoisotopic (exact) mass is 311 g/mol. The van der Waals surface area contributed by atoms with E-state index in [1.807, 2.05) is 71.9 Å². The first-order chi connectivity index (χ1) is 11.8. The van der Waals surface area contributed by atoms with Crippen molar-refractivity contribution in [2.24, 2.45) is 5.10 Å². The number of hydrazone groups is 1. The maximum Gasteiger partial charge on any atom is 0.0991 e. The van der Waals surface area contributed by atoms with Gasteiger partial charge in [-0.2, -0.15) is 10.4 Å². The first-order valence-corrected chi connectivity index (χ1v) is 7.76. The first kappa shape index (κ1) is 15.5. The average Bonchev–Trinajstić information content (AvgIpc) is 2.67. The number of nitriles is 1. The molecule has 0 unspecified atom stereocenters. The van der Waals surface area contributed by atoms with Gasteiger partial charge in [0.05, 0.1) is 30.1 Å². The van der Waals surface area contributed by atoms with Crippen molar-refractivity contribution >= 4 is 11.9 Å². The van der Waals surface area contributed by atoms with E-state index in [1.165, 1.54) is 5.56 Å². The molecule has 0 atom stereocenters. The molecule has 3 heteroatoms. The second kappa shape index (κ2) is 7.75. The summed E-state index contributed by atoms with van der Waals surface area (Å²) < 4.78 is 0. The van der Waals surface area contributed by atoms with Gasteiger partial charge in [-0.25, -0.2) is 0 Å². The second-order valence-electron chi connectivity index (χ2n) is 5.36. The van der Waals surface area contributed by atoms with E-state index in [1.54, 1.807) is 12.1 Å². The summed E-state index contributed by atoms with van der Waals surface area (Å²) in [7, 11) is 0. The highest BCUT2D eigenvalue weighted by Gasteiger charge is 2.05. The number of hydrogen-bond donors (Lipinski definition) is 0. The van der Waals surface area contributed by atoms with Crippen molar-refractivity contribution in [3.05, 3.63) is 102 Å². The minimum atomic E-state index is 0.649. The van der Waals surface area contributed by atoms with E-state index in [0.29, 0.717) is 12.1 Å². The normalized spacial score (nSPS) is 10.5. The molecule has 116 valence electrons. The summed E-state index contributed by atoms with van der Waals surface area (Å²) in [5, 5.41) is 15.5. The molecular weight excluding hydrogens is 294 g/mol. The van der Waals surface area contributed by atoms with Gasteiger partial charge in [-0.15, -0.1) is 0 Å². The van der Waals surface area contributed by atoms with Gasteiger partial charge in [0.15, 0.2) is 0 Å². The average molecular weight is 311 g/mol. The molecule has 0 bridgehead atoms. The Labute approximate surface area is 142 Å². The zero-order valence-corrected chi connectivity index (χ0v) is 13.2. The lowest BCUT2D eigenvalue weighted by atomic mass is 10.2. The summed E-state index contributed by atoms with van der Waals surface area (Å²) in [5.74, 6) is 0. The Morgan fingerprint density at radius 2 is 1.46 bits per heavy atom. The Morgan fingerprint density at radius 1 is 0.833 bits per heavy atom. The van der Waals surface area contributed by atoms with E-state index in [-0.39, 0.29) is 0 Å². The minimum absolute atomic E-state index is 0.649. The van der Waals surface area contributed by atoms with Crippen LogP contribution in [0.2, 0.25) is 0 Å². The SMILES string of the molecule is N#Cc1ccc(/C=N/N(Cc2ccccc2)c2ccccc2)cc1. The summed E-state index contributed by atoms with van der Waals surface area (Å²) in [6.07, 6.45) is 1.82. The zero-order valence-electron chi connectivity index (χ0n) is 13.2. The molecule has 3 aromatic rings. The highest BCUT2D eigenvalue weighted by Crippen LogP contribution is 2.17. The van der Waals surface area contributed by atoms with Crippen LogP contribution < -0.4 is 5.01 Å². The van der Waals surface area contributed by atoms with Crippen molar-refractivity contribution in [3.8, 4) is 6.07 Å². The Morgan fingerprint density at radius 3 is 2.08 bits per heavy atom. The quantitative estimate of drug-likeness (QED) is 0.510. The maximum atomic E-state index is 8.87. The van der Waals surface area contributed by atoms with Crippen LogP contribution in [-0.4, -0.2) is 6.21 Å². The van der Waals surface area contributed by atoms with Crippen LogP contribution in [0.4, 0.5) is 5.69 Å². The Balaban J connectivity index is 1.84. The van der Waals surface area contributed by atoms with Crippen molar-refractivity contribution < 1.29 is 0 Å². The Hall–Kier alpha value is -3.38. The predicted molar refractivity (Wildman–Crippen MR) is 97.8 cm³/mol. The Bertz CT molecular complexity index is 832. The van der Waals surface area contributed by atoms with Crippen molar-refractivity contribution in [1.82, 2.24) is 0 Å². The van der Waals surface area contributed by atoms with E-state index in [2.05, 4.69) is 23.3 Å². The van der Waals surface area contributed by atoms with Gasteiger partial charge >= 0.3 is 0 Å².